The fraction of sp³-hybridized carbons (Fsp3) is 0. The van der Waals surface area contributed by atoms with Crippen LogP contribution in [0.15, 0.2) is 46.3 Å². The fourth-order valence-corrected chi connectivity index (χ4v) is 1.49. The van der Waals surface area contributed by atoms with Crippen LogP contribution in [0.2, 0.25) is 0 Å². The number of nitrogens with zero attached hydrogens (tertiary/aromatic N) is 2. The highest BCUT2D eigenvalue weighted by molar-refractivity contribution is 5.99. The molecule has 0 aliphatic heterocycles. The number of benzene rings is 1. The molecule has 0 radical (unpaired) electrons. The Labute approximate surface area is 118 Å². The first kappa shape index (κ1) is 14.1. The summed E-state index contributed by atoms with van der Waals surface area (Å²) >= 11 is 0. The number of carbonyl (C=O) groups excluding carboxylic acids is 1. The minimum absolute atomic E-state index is 0.0155. The van der Waals surface area contributed by atoms with E-state index in [9.17, 15) is 14.4 Å². The number of aromatic nitrogens is 2. The highest BCUT2D eigenvalue weighted by Crippen LogP contribution is 2.05. The zero-order valence-corrected chi connectivity index (χ0v) is 10.6. The van der Waals surface area contributed by atoms with Gasteiger partial charge in [-0.1, -0.05) is 18.2 Å². The molecule has 8 heteroatoms. The molecule has 2 aromatic rings. The quantitative estimate of drug-likeness (QED) is 0.548. The van der Waals surface area contributed by atoms with Gasteiger partial charge in [-0.15, -0.1) is 0 Å². The van der Waals surface area contributed by atoms with Gasteiger partial charge in [0.15, 0.2) is 5.69 Å². The monoisotopic (exact) mass is 286 g/mol. The molecule has 8 nitrogen and oxygen atoms in total. The van der Waals surface area contributed by atoms with Crippen LogP contribution < -0.4 is 11.0 Å². The molecule has 0 aliphatic rings. The van der Waals surface area contributed by atoms with Crippen molar-refractivity contribution < 1.29 is 14.7 Å². The van der Waals surface area contributed by atoms with Gasteiger partial charge < -0.3 is 5.11 Å². The van der Waals surface area contributed by atoms with Crippen LogP contribution in [-0.4, -0.2) is 33.4 Å². The maximum absolute atomic E-state index is 11.6. The number of nitrogens with one attached hydrogen (secondary N) is 2. The van der Waals surface area contributed by atoms with Crippen LogP contribution in [-0.2, 0) is 0 Å². The van der Waals surface area contributed by atoms with Crippen molar-refractivity contribution in [2.45, 2.75) is 0 Å². The molecule has 0 unspecified atom stereocenters. The lowest BCUT2D eigenvalue weighted by Crippen LogP contribution is -2.21. The van der Waals surface area contributed by atoms with Gasteiger partial charge in [-0.05, 0) is 12.1 Å². The van der Waals surface area contributed by atoms with Crippen molar-refractivity contribution in [1.82, 2.24) is 15.6 Å². The van der Waals surface area contributed by atoms with Gasteiger partial charge in [0.1, 0.15) is 0 Å². The minimum Gasteiger partial charge on any atom is -0.478 e. The van der Waals surface area contributed by atoms with Gasteiger partial charge in [0.25, 0.3) is 11.5 Å². The summed E-state index contributed by atoms with van der Waals surface area (Å²) in [7, 11) is 0. The zero-order chi connectivity index (χ0) is 15.2. The number of rotatable bonds is 4. The Bertz CT molecular complexity index is 746. The number of hydrogen-bond donors (Lipinski definition) is 3. The second-order valence-electron chi connectivity index (χ2n) is 3.90. The van der Waals surface area contributed by atoms with Crippen LogP contribution >= 0.6 is 0 Å². The number of carbonyl (C=O) groups is 2. The minimum atomic E-state index is -1.09. The lowest BCUT2D eigenvalue weighted by Gasteiger charge is -2.00. The number of hydrogen-bond acceptors (Lipinski definition) is 5. The number of carboxylic acids is 1. The summed E-state index contributed by atoms with van der Waals surface area (Å²) in [5.74, 6) is -1.72. The van der Waals surface area contributed by atoms with Gasteiger partial charge in [-0.3, -0.25) is 9.59 Å². The Morgan fingerprint density at radius 2 is 2.00 bits per heavy atom. The van der Waals surface area contributed by atoms with E-state index in [1.807, 2.05) is 0 Å². The predicted molar refractivity (Wildman–Crippen MR) is 73.3 cm³/mol. The van der Waals surface area contributed by atoms with Crippen molar-refractivity contribution in [2.24, 2.45) is 5.10 Å². The number of H-pyrrole nitrogens is 1. The third-order valence-corrected chi connectivity index (χ3v) is 2.47. The summed E-state index contributed by atoms with van der Waals surface area (Å²) in [6.07, 6.45) is 1.22. The average Bonchev–Trinajstić information content (AvgIpc) is 2.48. The van der Waals surface area contributed by atoms with Crippen molar-refractivity contribution in [1.29, 1.82) is 0 Å². The Balaban J connectivity index is 2.09. The van der Waals surface area contributed by atoms with Crippen molar-refractivity contribution in [3.63, 3.8) is 0 Å². The second kappa shape index (κ2) is 6.24. The predicted octanol–water partition coefficient (Wildman–Crippen LogP) is 0.232. The summed E-state index contributed by atoms with van der Waals surface area (Å²) in [5.41, 5.74) is 2.16. The van der Waals surface area contributed by atoms with Crippen molar-refractivity contribution in [3.8, 4) is 0 Å². The molecule has 1 aromatic heterocycles. The maximum atomic E-state index is 11.6. The molecule has 21 heavy (non-hydrogen) atoms. The molecular formula is C13H10N4O4. The third kappa shape index (κ3) is 3.60. The first-order chi connectivity index (χ1) is 10.1. The summed E-state index contributed by atoms with van der Waals surface area (Å²) in [4.78, 5) is 33.4. The molecule has 3 N–H and O–H groups in total. The van der Waals surface area contributed by atoms with E-state index in [2.05, 4.69) is 20.7 Å². The van der Waals surface area contributed by atoms with Crippen molar-refractivity contribution >= 4 is 18.1 Å². The standard InChI is InChI=1S/C13H10N4O4/c18-11-6-5-10(15-16-11)12(19)17-14-7-8-3-1-2-4-9(8)13(20)21/h1-7H,(H,16,18)(H,17,19)(H,20,21)/b14-7+. The number of carboxylic acid groups (broad SMARTS) is 1. The smallest absolute Gasteiger partial charge is 0.336 e. The molecule has 0 saturated carbocycles. The average molecular weight is 286 g/mol. The van der Waals surface area contributed by atoms with Gasteiger partial charge >= 0.3 is 5.97 Å². The topological polar surface area (TPSA) is 125 Å². The lowest BCUT2D eigenvalue weighted by atomic mass is 10.1. The molecule has 106 valence electrons. The SMILES string of the molecule is O=C(N/N=C/c1ccccc1C(=O)O)c1ccc(=O)[nH]n1. The van der Waals surface area contributed by atoms with E-state index in [1.165, 1.54) is 18.3 Å². The first-order valence-corrected chi connectivity index (χ1v) is 5.79. The van der Waals surface area contributed by atoms with Crippen LogP contribution in [0, 0.1) is 0 Å². The summed E-state index contributed by atoms with van der Waals surface area (Å²) in [6.45, 7) is 0. The van der Waals surface area contributed by atoms with Gasteiger partial charge in [-0.25, -0.2) is 15.3 Å². The molecule has 0 spiro atoms. The second-order valence-corrected chi connectivity index (χ2v) is 3.90. The van der Waals surface area contributed by atoms with Crippen molar-refractivity contribution in [2.75, 3.05) is 0 Å². The van der Waals surface area contributed by atoms with E-state index in [1.54, 1.807) is 18.2 Å². The summed E-state index contributed by atoms with van der Waals surface area (Å²) in [5, 5.41) is 18.3. The first-order valence-electron chi connectivity index (χ1n) is 5.79. The van der Waals surface area contributed by atoms with E-state index in [-0.39, 0.29) is 11.3 Å². The van der Waals surface area contributed by atoms with Crippen LogP contribution in [0.1, 0.15) is 26.4 Å². The molecule has 2 rings (SSSR count). The number of aromatic amines is 1. The number of hydrazone groups is 1. The van der Waals surface area contributed by atoms with Crippen molar-refractivity contribution in [3.05, 3.63) is 63.6 Å². The highest BCUT2D eigenvalue weighted by atomic mass is 16.4. The van der Waals surface area contributed by atoms with Crippen LogP contribution in [0.5, 0.6) is 0 Å². The Kier molecular flexibility index (Phi) is 4.20. The van der Waals surface area contributed by atoms with Gasteiger partial charge in [0.05, 0.1) is 11.8 Å². The molecule has 0 atom stereocenters. The van der Waals surface area contributed by atoms with Crippen LogP contribution in [0.25, 0.3) is 0 Å². The summed E-state index contributed by atoms with van der Waals surface area (Å²) in [6, 6.07) is 8.62. The Morgan fingerprint density at radius 3 is 2.67 bits per heavy atom. The van der Waals surface area contributed by atoms with Crippen LogP contribution in [0.3, 0.4) is 0 Å². The molecular weight excluding hydrogens is 276 g/mol. The molecule has 1 heterocycles. The number of aromatic carboxylic acids is 1. The van der Waals surface area contributed by atoms with Crippen LogP contribution in [0.4, 0.5) is 0 Å². The highest BCUT2D eigenvalue weighted by Gasteiger charge is 2.08. The normalized spacial score (nSPS) is 10.5. The molecule has 0 aliphatic carbocycles. The fourth-order valence-electron chi connectivity index (χ4n) is 1.49. The zero-order valence-electron chi connectivity index (χ0n) is 10.6. The van der Waals surface area contributed by atoms with E-state index in [0.717, 1.165) is 6.07 Å². The third-order valence-electron chi connectivity index (χ3n) is 2.47. The summed E-state index contributed by atoms with van der Waals surface area (Å²) < 4.78 is 0. The molecule has 0 fully saturated rings. The lowest BCUT2D eigenvalue weighted by molar-refractivity contribution is 0.0696. The Morgan fingerprint density at radius 1 is 1.24 bits per heavy atom. The molecule has 1 aromatic carbocycles. The van der Waals surface area contributed by atoms with E-state index in [0.29, 0.717) is 5.56 Å². The van der Waals surface area contributed by atoms with Gasteiger partial charge in [-0.2, -0.15) is 10.2 Å². The van der Waals surface area contributed by atoms with Gasteiger partial charge in [0, 0.05) is 11.6 Å². The Hall–Kier alpha value is -3.29. The molecule has 0 bridgehead atoms. The largest absolute Gasteiger partial charge is 0.478 e. The molecule has 1 amide bonds. The van der Waals surface area contributed by atoms with E-state index in [4.69, 9.17) is 5.11 Å². The molecule has 0 saturated heterocycles. The van der Waals surface area contributed by atoms with E-state index < -0.39 is 17.4 Å². The number of amides is 1. The van der Waals surface area contributed by atoms with E-state index >= 15 is 0 Å². The van der Waals surface area contributed by atoms with Gasteiger partial charge in [0.2, 0.25) is 0 Å². The maximum Gasteiger partial charge on any atom is 0.336 e.